The standard InChI is InChI=1S/C24H24N6O/c1-14-5-7-25-12-20(14)18-10-19-13-29(8-6-21(19)26-11-18)24-17(4)16(3)23-27-15(2)9-22(31)30(23)28-24/h5,7,9-12H,6,8,13H2,1-4H3. The van der Waals surface area contributed by atoms with Gasteiger partial charge in [-0.05, 0) is 51.0 Å². The maximum Gasteiger partial charge on any atom is 0.274 e. The van der Waals surface area contributed by atoms with Gasteiger partial charge in [0.25, 0.3) is 5.56 Å². The summed E-state index contributed by atoms with van der Waals surface area (Å²) in [7, 11) is 0. The molecule has 0 amide bonds. The van der Waals surface area contributed by atoms with Crippen molar-refractivity contribution in [2.24, 2.45) is 0 Å². The number of fused-ring (bicyclic) bond motifs is 2. The lowest BCUT2D eigenvalue weighted by molar-refractivity contribution is 0.684. The second-order valence-electron chi connectivity index (χ2n) is 8.24. The van der Waals surface area contributed by atoms with Gasteiger partial charge in [-0.2, -0.15) is 4.52 Å². The summed E-state index contributed by atoms with van der Waals surface area (Å²) in [6.07, 6.45) is 6.47. The second kappa shape index (κ2) is 7.27. The Morgan fingerprint density at radius 2 is 1.87 bits per heavy atom. The SMILES string of the molecule is Cc1cc(=O)n2nc(N3CCc4ncc(-c5cnccc5C)cc4C3)c(C)c(C)c2n1. The molecule has 0 atom stereocenters. The molecule has 0 fully saturated rings. The Hall–Kier alpha value is -3.61. The van der Waals surface area contributed by atoms with Crippen LogP contribution in [-0.2, 0) is 13.0 Å². The highest BCUT2D eigenvalue weighted by molar-refractivity contribution is 5.67. The molecule has 0 aromatic carbocycles. The summed E-state index contributed by atoms with van der Waals surface area (Å²) in [6, 6.07) is 5.75. The molecule has 5 rings (SSSR count). The summed E-state index contributed by atoms with van der Waals surface area (Å²) >= 11 is 0. The van der Waals surface area contributed by atoms with Gasteiger partial charge >= 0.3 is 0 Å². The van der Waals surface area contributed by atoms with Gasteiger partial charge in [-0.25, -0.2) is 4.98 Å². The van der Waals surface area contributed by atoms with Gasteiger partial charge in [0.2, 0.25) is 0 Å². The van der Waals surface area contributed by atoms with E-state index in [0.29, 0.717) is 17.9 Å². The lowest BCUT2D eigenvalue weighted by atomic mass is 9.98. The van der Waals surface area contributed by atoms with Crippen molar-refractivity contribution in [3.63, 3.8) is 0 Å². The first-order chi connectivity index (χ1) is 14.9. The first-order valence-corrected chi connectivity index (χ1v) is 10.4. The van der Waals surface area contributed by atoms with Gasteiger partial charge in [-0.15, -0.1) is 5.10 Å². The van der Waals surface area contributed by atoms with Crippen molar-refractivity contribution >= 4 is 11.5 Å². The summed E-state index contributed by atoms with van der Waals surface area (Å²) in [5, 5.41) is 4.70. The van der Waals surface area contributed by atoms with E-state index in [1.54, 1.807) is 6.20 Å². The van der Waals surface area contributed by atoms with Crippen molar-refractivity contribution in [2.45, 2.75) is 40.7 Å². The van der Waals surface area contributed by atoms with E-state index >= 15 is 0 Å². The molecule has 0 aliphatic carbocycles. The van der Waals surface area contributed by atoms with Crippen LogP contribution in [0.3, 0.4) is 0 Å². The van der Waals surface area contributed by atoms with Gasteiger partial charge in [0, 0.05) is 77.8 Å². The number of nitrogens with zero attached hydrogens (tertiary/aromatic N) is 6. The Balaban J connectivity index is 1.57. The van der Waals surface area contributed by atoms with Gasteiger partial charge in [0.05, 0.1) is 0 Å². The van der Waals surface area contributed by atoms with E-state index < -0.39 is 0 Å². The van der Waals surface area contributed by atoms with Crippen LogP contribution in [0.2, 0.25) is 0 Å². The summed E-state index contributed by atoms with van der Waals surface area (Å²) in [6.45, 7) is 9.47. The molecule has 5 heterocycles. The van der Waals surface area contributed by atoms with Gasteiger partial charge in [0.1, 0.15) is 0 Å². The van der Waals surface area contributed by atoms with Gasteiger partial charge < -0.3 is 4.90 Å². The molecule has 31 heavy (non-hydrogen) atoms. The van der Waals surface area contributed by atoms with Crippen molar-refractivity contribution in [2.75, 3.05) is 11.4 Å². The molecule has 0 N–H and O–H groups in total. The third-order valence-corrected chi connectivity index (χ3v) is 6.14. The number of rotatable bonds is 2. The van der Waals surface area contributed by atoms with E-state index in [4.69, 9.17) is 10.1 Å². The molecule has 1 aliphatic rings. The maximum absolute atomic E-state index is 12.6. The van der Waals surface area contributed by atoms with Crippen LogP contribution in [0.5, 0.6) is 0 Å². The Labute approximate surface area is 180 Å². The van der Waals surface area contributed by atoms with Crippen molar-refractivity contribution in [1.82, 2.24) is 24.6 Å². The van der Waals surface area contributed by atoms with E-state index in [9.17, 15) is 4.79 Å². The van der Waals surface area contributed by atoms with E-state index in [2.05, 4.69) is 34.8 Å². The highest BCUT2D eigenvalue weighted by Gasteiger charge is 2.23. The van der Waals surface area contributed by atoms with Crippen molar-refractivity contribution in [3.8, 4) is 11.1 Å². The molecule has 156 valence electrons. The van der Waals surface area contributed by atoms with Crippen molar-refractivity contribution < 1.29 is 0 Å². The van der Waals surface area contributed by atoms with Crippen molar-refractivity contribution in [1.29, 1.82) is 0 Å². The van der Waals surface area contributed by atoms with E-state index in [-0.39, 0.29) is 5.56 Å². The van der Waals surface area contributed by atoms with Crippen LogP contribution >= 0.6 is 0 Å². The molecule has 0 spiro atoms. The average Bonchev–Trinajstić information content (AvgIpc) is 2.76. The Kier molecular flexibility index (Phi) is 4.54. The molecule has 0 saturated heterocycles. The number of hydrogen-bond acceptors (Lipinski definition) is 6. The normalized spacial score (nSPS) is 13.5. The minimum Gasteiger partial charge on any atom is -0.350 e. The molecule has 0 unspecified atom stereocenters. The zero-order valence-electron chi connectivity index (χ0n) is 18.2. The quantitative estimate of drug-likeness (QED) is 0.503. The molecule has 0 saturated carbocycles. The predicted octanol–water partition coefficient (Wildman–Crippen LogP) is 3.34. The minimum atomic E-state index is -0.153. The number of aryl methyl sites for hydroxylation is 3. The Morgan fingerprint density at radius 1 is 1.03 bits per heavy atom. The fourth-order valence-electron chi connectivity index (χ4n) is 4.26. The summed E-state index contributed by atoms with van der Waals surface area (Å²) < 4.78 is 1.42. The first kappa shape index (κ1) is 19.4. The van der Waals surface area contributed by atoms with Gasteiger partial charge in [0.15, 0.2) is 11.5 Å². The molecular weight excluding hydrogens is 388 g/mol. The van der Waals surface area contributed by atoms with Crippen molar-refractivity contribution in [3.05, 3.63) is 80.8 Å². The second-order valence-corrected chi connectivity index (χ2v) is 8.24. The molecular formula is C24H24N6O. The lowest BCUT2D eigenvalue weighted by Gasteiger charge is -2.31. The Bertz CT molecular complexity index is 1390. The van der Waals surface area contributed by atoms with Gasteiger partial charge in [-0.3, -0.25) is 14.8 Å². The van der Waals surface area contributed by atoms with Crippen LogP contribution in [-0.4, -0.2) is 31.1 Å². The molecule has 7 nitrogen and oxygen atoms in total. The molecule has 0 bridgehead atoms. The van der Waals surface area contributed by atoms with Crippen LogP contribution in [0.4, 0.5) is 5.82 Å². The number of pyridine rings is 2. The first-order valence-electron chi connectivity index (χ1n) is 10.4. The smallest absolute Gasteiger partial charge is 0.274 e. The van der Waals surface area contributed by atoms with Crippen LogP contribution < -0.4 is 10.5 Å². The zero-order valence-corrected chi connectivity index (χ0v) is 18.2. The third kappa shape index (κ3) is 3.26. The maximum atomic E-state index is 12.6. The Morgan fingerprint density at radius 3 is 2.68 bits per heavy atom. The summed E-state index contributed by atoms with van der Waals surface area (Å²) in [5.74, 6) is 0.825. The monoisotopic (exact) mass is 412 g/mol. The fraction of sp³-hybridized carbons (Fsp3) is 0.292. The zero-order chi connectivity index (χ0) is 21.7. The van der Waals surface area contributed by atoms with Gasteiger partial charge in [-0.1, -0.05) is 0 Å². The minimum absolute atomic E-state index is 0.153. The van der Waals surface area contributed by atoms with Crippen LogP contribution in [0, 0.1) is 27.7 Å². The number of aromatic nitrogens is 5. The van der Waals surface area contributed by atoms with E-state index in [1.165, 1.54) is 21.7 Å². The fourth-order valence-corrected chi connectivity index (χ4v) is 4.26. The lowest BCUT2D eigenvalue weighted by Crippen LogP contribution is -2.34. The molecule has 4 aromatic rings. The van der Waals surface area contributed by atoms with Crippen LogP contribution in [0.25, 0.3) is 16.8 Å². The highest BCUT2D eigenvalue weighted by atomic mass is 16.1. The molecule has 4 aromatic heterocycles. The average molecular weight is 412 g/mol. The third-order valence-electron chi connectivity index (χ3n) is 6.14. The molecule has 0 radical (unpaired) electrons. The van der Waals surface area contributed by atoms with Crippen LogP contribution in [0.15, 0.2) is 41.6 Å². The topological polar surface area (TPSA) is 76.3 Å². The largest absolute Gasteiger partial charge is 0.350 e. The van der Waals surface area contributed by atoms with E-state index in [1.807, 2.05) is 32.3 Å². The highest BCUT2D eigenvalue weighted by Crippen LogP contribution is 2.30. The molecule has 1 aliphatic heterocycles. The van der Waals surface area contributed by atoms with Crippen LogP contribution in [0.1, 0.15) is 33.6 Å². The predicted molar refractivity (Wildman–Crippen MR) is 120 cm³/mol. The number of anilines is 1. The molecule has 7 heteroatoms. The van der Waals surface area contributed by atoms with E-state index in [0.717, 1.165) is 46.7 Å². The number of hydrogen-bond donors (Lipinski definition) is 0. The summed E-state index contributed by atoms with van der Waals surface area (Å²) in [4.78, 5) is 28.3. The summed E-state index contributed by atoms with van der Waals surface area (Å²) in [5.41, 5.74) is 8.85.